The highest BCUT2D eigenvalue weighted by Crippen LogP contribution is 2.18. The van der Waals surface area contributed by atoms with Crippen molar-refractivity contribution in [1.29, 1.82) is 5.41 Å². The Bertz CT molecular complexity index is 592. The van der Waals surface area contributed by atoms with Gasteiger partial charge in [-0.3, -0.25) is 10.2 Å². The minimum atomic E-state index is -0.361. The van der Waals surface area contributed by atoms with Gasteiger partial charge in [-0.25, -0.2) is 9.98 Å². The van der Waals surface area contributed by atoms with Gasteiger partial charge in [0.05, 0.1) is 11.9 Å². The van der Waals surface area contributed by atoms with Gasteiger partial charge in [-0.2, -0.15) is 0 Å². The first-order chi connectivity index (χ1) is 11.0. The van der Waals surface area contributed by atoms with Crippen LogP contribution in [0.15, 0.2) is 23.3 Å². The van der Waals surface area contributed by atoms with Crippen LogP contribution in [0.25, 0.3) is 0 Å². The van der Waals surface area contributed by atoms with Crippen LogP contribution in [0.4, 0.5) is 11.5 Å². The summed E-state index contributed by atoms with van der Waals surface area (Å²) in [5, 5.41) is 9.67. The molecule has 124 valence electrons. The van der Waals surface area contributed by atoms with Crippen molar-refractivity contribution < 1.29 is 4.79 Å². The smallest absolute Gasteiger partial charge is 0.265 e. The fraction of sp³-hybridized carbons (Fsp3) is 0.467. The van der Waals surface area contributed by atoms with Crippen LogP contribution in [0.2, 0.25) is 0 Å². The van der Waals surface area contributed by atoms with E-state index in [2.05, 4.69) is 32.1 Å². The van der Waals surface area contributed by atoms with E-state index >= 15 is 0 Å². The second-order valence-corrected chi connectivity index (χ2v) is 5.84. The third kappa shape index (κ3) is 5.01. The van der Waals surface area contributed by atoms with Crippen LogP contribution in [0.5, 0.6) is 0 Å². The predicted octanol–water partition coefficient (Wildman–Crippen LogP) is 1.26. The molecule has 0 radical (unpaired) electrons. The van der Waals surface area contributed by atoms with Crippen LogP contribution < -0.4 is 10.2 Å². The van der Waals surface area contributed by atoms with Crippen molar-refractivity contribution in [3.63, 3.8) is 0 Å². The molecule has 1 fully saturated rings. The van der Waals surface area contributed by atoms with Gasteiger partial charge < -0.3 is 15.1 Å². The molecule has 0 saturated carbocycles. The zero-order chi connectivity index (χ0) is 16.8. The molecule has 1 aliphatic rings. The third-order valence-electron chi connectivity index (χ3n) is 3.66. The zero-order valence-electron chi connectivity index (χ0n) is 13.3. The third-order valence-corrected chi connectivity index (χ3v) is 3.80. The molecule has 1 amide bonds. The maximum absolute atomic E-state index is 11.8. The van der Waals surface area contributed by atoms with E-state index in [0.29, 0.717) is 5.82 Å². The molecule has 1 aliphatic heterocycles. The Hall–Kier alpha value is -1.99. The first-order valence-electron chi connectivity index (χ1n) is 7.41. The van der Waals surface area contributed by atoms with E-state index in [1.807, 2.05) is 6.07 Å². The summed E-state index contributed by atoms with van der Waals surface area (Å²) in [6.45, 7) is 3.98. The standard InChI is InChI=1S/C15H21ClN6O/c1-18-15(23)12(9-13(16)17)20-14-4-3-11(10-19-14)22-7-5-21(2)6-8-22/h3-4,10,17H,5-9H2,1-2H3,(H,18,23). The number of carbonyl (C=O) groups excluding carboxylic acids is 1. The van der Waals surface area contributed by atoms with E-state index in [9.17, 15) is 4.79 Å². The summed E-state index contributed by atoms with van der Waals surface area (Å²) >= 11 is 5.57. The normalized spacial score (nSPS) is 16.3. The number of pyridine rings is 1. The number of anilines is 1. The zero-order valence-corrected chi connectivity index (χ0v) is 14.1. The van der Waals surface area contributed by atoms with Crippen molar-refractivity contribution in [1.82, 2.24) is 15.2 Å². The maximum atomic E-state index is 11.8. The number of halogens is 1. The topological polar surface area (TPSA) is 84.7 Å². The summed E-state index contributed by atoms with van der Waals surface area (Å²) < 4.78 is 0. The van der Waals surface area contributed by atoms with Crippen molar-refractivity contribution >= 4 is 39.9 Å². The minimum absolute atomic E-state index is 0.0108. The number of hydrogen-bond donors (Lipinski definition) is 2. The Labute approximate surface area is 140 Å². The molecule has 8 heteroatoms. The van der Waals surface area contributed by atoms with E-state index in [4.69, 9.17) is 17.0 Å². The number of nitrogens with one attached hydrogen (secondary N) is 2. The van der Waals surface area contributed by atoms with Gasteiger partial charge >= 0.3 is 0 Å². The fourth-order valence-corrected chi connectivity index (χ4v) is 2.42. The van der Waals surface area contributed by atoms with Gasteiger partial charge in [-0.05, 0) is 19.2 Å². The van der Waals surface area contributed by atoms with Gasteiger partial charge in [0.2, 0.25) is 0 Å². The van der Waals surface area contributed by atoms with Crippen molar-refractivity contribution in [2.24, 2.45) is 4.99 Å². The molecule has 1 saturated heterocycles. The quantitative estimate of drug-likeness (QED) is 0.793. The minimum Gasteiger partial charge on any atom is -0.368 e. The number of aromatic nitrogens is 1. The molecule has 0 atom stereocenters. The molecule has 2 N–H and O–H groups in total. The average Bonchev–Trinajstić information content (AvgIpc) is 2.54. The summed E-state index contributed by atoms with van der Waals surface area (Å²) in [6, 6.07) is 3.72. The van der Waals surface area contributed by atoms with Crippen molar-refractivity contribution in [3.05, 3.63) is 18.3 Å². The summed E-state index contributed by atoms with van der Waals surface area (Å²) in [5.41, 5.74) is 1.22. The van der Waals surface area contributed by atoms with Crippen LogP contribution in [0.1, 0.15) is 6.42 Å². The molecular weight excluding hydrogens is 316 g/mol. The van der Waals surface area contributed by atoms with E-state index < -0.39 is 0 Å². The van der Waals surface area contributed by atoms with E-state index in [0.717, 1.165) is 31.9 Å². The molecule has 0 aliphatic carbocycles. The number of carbonyl (C=O) groups is 1. The Morgan fingerprint density at radius 1 is 1.39 bits per heavy atom. The highest BCUT2D eigenvalue weighted by molar-refractivity contribution is 6.67. The lowest BCUT2D eigenvalue weighted by Gasteiger charge is -2.33. The molecule has 1 aromatic heterocycles. The Balaban J connectivity index is 2.12. The van der Waals surface area contributed by atoms with E-state index in [-0.39, 0.29) is 23.2 Å². The molecule has 1 aromatic rings. The van der Waals surface area contributed by atoms with Crippen LogP contribution in [-0.2, 0) is 4.79 Å². The molecule has 2 rings (SSSR count). The number of rotatable bonds is 5. The van der Waals surface area contributed by atoms with Crippen LogP contribution in [-0.4, -0.2) is 66.9 Å². The Morgan fingerprint density at radius 3 is 2.61 bits per heavy atom. The second-order valence-electron chi connectivity index (χ2n) is 5.38. The number of piperazine rings is 1. The lowest BCUT2D eigenvalue weighted by atomic mass is 10.2. The summed E-state index contributed by atoms with van der Waals surface area (Å²) in [6.07, 6.45) is 1.75. The van der Waals surface area contributed by atoms with Crippen LogP contribution >= 0.6 is 11.6 Å². The highest BCUT2D eigenvalue weighted by Gasteiger charge is 2.15. The summed E-state index contributed by atoms with van der Waals surface area (Å²) in [7, 11) is 3.63. The first-order valence-corrected chi connectivity index (χ1v) is 7.79. The van der Waals surface area contributed by atoms with Gasteiger partial charge in [0.15, 0.2) is 5.82 Å². The number of likely N-dealkylation sites (N-methyl/N-ethyl adjacent to an activating group) is 1. The predicted molar refractivity (Wildman–Crippen MR) is 93.3 cm³/mol. The molecule has 7 nitrogen and oxygen atoms in total. The van der Waals surface area contributed by atoms with Gasteiger partial charge in [-0.15, -0.1) is 0 Å². The van der Waals surface area contributed by atoms with Crippen LogP contribution in [0, 0.1) is 5.41 Å². The van der Waals surface area contributed by atoms with Gasteiger partial charge in [0.25, 0.3) is 5.91 Å². The number of hydrogen-bond acceptors (Lipinski definition) is 6. The monoisotopic (exact) mass is 336 g/mol. The molecular formula is C15H21ClN6O. The van der Waals surface area contributed by atoms with Crippen LogP contribution in [0.3, 0.4) is 0 Å². The SMILES string of the molecule is CNC(=O)C(CC(=N)Cl)=Nc1ccc(N2CCN(C)CC2)cn1. The Morgan fingerprint density at radius 2 is 2.09 bits per heavy atom. The van der Waals surface area contributed by atoms with E-state index in [1.54, 1.807) is 12.3 Å². The van der Waals surface area contributed by atoms with Gasteiger partial charge in [0.1, 0.15) is 10.9 Å². The summed E-state index contributed by atoms with van der Waals surface area (Å²) in [4.78, 5) is 24.8. The molecule has 23 heavy (non-hydrogen) atoms. The van der Waals surface area contributed by atoms with Gasteiger partial charge in [0, 0.05) is 39.6 Å². The first kappa shape index (κ1) is 17.4. The molecule has 0 spiro atoms. The lowest BCUT2D eigenvalue weighted by molar-refractivity contribution is -0.114. The lowest BCUT2D eigenvalue weighted by Crippen LogP contribution is -2.44. The summed E-state index contributed by atoms with van der Waals surface area (Å²) in [5.74, 6) is 0.0692. The number of amides is 1. The van der Waals surface area contributed by atoms with E-state index in [1.165, 1.54) is 7.05 Å². The number of nitrogens with zero attached hydrogens (tertiary/aromatic N) is 4. The molecule has 0 aromatic carbocycles. The molecule has 2 heterocycles. The fourth-order valence-electron chi connectivity index (χ4n) is 2.30. The highest BCUT2D eigenvalue weighted by atomic mass is 35.5. The maximum Gasteiger partial charge on any atom is 0.265 e. The van der Waals surface area contributed by atoms with Crippen molar-refractivity contribution in [2.75, 3.05) is 45.2 Å². The number of aliphatic imine (C=N–C) groups is 1. The van der Waals surface area contributed by atoms with Crippen molar-refractivity contribution in [3.8, 4) is 0 Å². The van der Waals surface area contributed by atoms with Crippen molar-refractivity contribution in [2.45, 2.75) is 6.42 Å². The molecule has 0 unspecified atom stereocenters. The average molecular weight is 337 g/mol. The molecule has 0 bridgehead atoms. The largest absolute Gasteiger partial charge is 0.368 e. The Kier molecular flexibility index (Phi) is 6.06. The van der Waals surface area contributed by atoms with Gasteiger partial charge in [-0.1, -0.05) is 11.6 Å². The second kappa shape index (κ2) is 8.03.